The van der Waals surface area contributed by atoms with E-state index in [1.165, 1.54) is 11.8 Å². The van der Waals surface area contributed by atoms with E-state index >= 15 is 0 Å². The van der Waals surface area contributed by atoms with Gasteiger partial charge in [0.05, 0.1) is 6.04 Å². The van der Waals surface area contributed by atoms with Gasteiger partial charge in [0.25, 0.3) is 0 Å². The first-order valence-electron chi connectivity index (χ1n) is 9.00. The van der Waals surface area contributed by atoms with Crippen LogP contribution in [0.3, 0.4) is 0 Å². The molecule has 0 heterocycles. The molecular weight excluding hydrogens is 402 g/mol. The number of nitrogens with zero attached hydrogens (tertiary/aromatic N) is 1. The molecule has 0 rings (SSSR count). The first-order valence-corrected chi connectivity index (χ1v) is 10.4. The van der Waals surface area contributed by atoms with Crippen molar-refractivity contribution in [2.75, 3.05) is 18.6 Å². The molecule has 3 amide bonds. The third kappa shape index (κ3) is 12.5. The van der Waals surface area contributed by atoms with Crippen molar-refractivity contribution in [2.24, 2.45) is 27.9 Å². The summed E-state index contributed by atoms with van der Waals surface area (Å²) in [4.78, 5) is 50.9. The van der Waals surface area contributed by atoms with E-state index in [9.17, 15) is 24.3 Å². The molecule has 0 aromatic heterocycles. The second-order valence-electron chi connectivity index (χ2n) is 6.30. The van der Waals surface area contributed by atoms with E-state index in [-0.39, 0.29) is 31.8 Å². The number of carbonyl (C=O) groups is 4. The van der Waals surface area contributed by atoms with E-state index in [1.807, 2.05) is 6.26 Å². The number of aliphatic imine (C=N–C) groups is 1. The van der Waals surface area contributed by atoms with Gasteiger partial charge in [-0.1, -0.05) is 0 Å². The molecule has 0 aliphatic heterocycles. The maximum Gasteiger partial charge on any atom is 0.326 e. The molecule has 3 atom stereocenters. The van der Waals surface area contributed by atoms with Crippen LogP contribution in [0.25, 0.3) is 0 Å². The highest BCUT2D eigenvalue weighted by Crippen LogP contribution is 2.05. The number of carboxylic acids is 1. The Morgan fingerprint density at radius 1 is 1.00 bits per heavy atom. The van der Waals surface area contributed by atoms with Gasteiger partial charge in [0.15, 0.2) is 5.96 Å². The number of hydrogen-bond acceptors (Lipinski definition) is 7. The maximum atomic E-state index is 12.6. The van der Waals surface area contributed by atoms with Crippen molar-refractivity contribution < 1.29 is 24.3 Å². The van der Waals surface area contributed by atoms with Crippen LogP contribution in [0, 0.1) is 0 Å². The molecule has 0 aromatic carbocycles. The van der Waals surface area contributed by atoms with Gasteiger partial charge in [0, 0.05) is 13.0 Å². The Morgan fingerprint density at radius 3 is 2.14 bits per heavy atom. The normalized spacial score (nSPS) is 13.6. The number of primary amides is 1. The minimum absolute atomic E-state index is 0.105. The van der Waals surface area contributed by atoms with Crippen LogP contribution in [0.1, 0.15) is 32.1 Å². The molecule has 0 spiro atoms. The predicted molar refractivity (Wildman–Crippen MR) is 111 cm³/mol. The summed E-state index contributed by atoms with van der Waals surface area (Å²) in [6, 6.07) is -3.16. The highest BCUT2D eigenvalue weighted by atomic mass is 32.2. The van der Waals surface area contributed by atoms with Gasteiger partial charge in [0.1, 0.15) is 12.1 Å². The van der Waals surface area contributed by atoms with E-state index in [4.69, 9.17) is 22.9 Å². The van der Waals surface area contributed by atoms with Crippen molar-refractivity contribution in [1.82, 2.24) is 10.6 Å². The lowest BCUT2D eigenvalue weighted by molar-refractivity contribution is -0.142. The Morgan fingerprint density at radius 2 is 1.62 bits per heavy atom. The molecule has 29 heavy (non-hydrogen) atoms. The molecule has 12 nitrogen and oxygen atoms in total. The number of hydrogen-bond donors (Lipinski definition) is 7. The van der Waals surface area contributed by atoms with Gasteiger partial charge < -0.3 is 38.7 Å². The fraction of sp³-hybridized carbons (Fsp3) is 0.688. The summed E-state index contributed by atoms with van der Waals surface area (Å²) in [6.07, 6.45) is 2.44. The Labute approximate surface area is 173 Å². The zero-order valence-electron chi connectivity index (χ0n) is 16.4. The summed E-state index contributed by atoms with van der Waals surface area (Å²) in [6.45, 7) is 0.227. The number of carbonyl (C=O) groups excluding carboxylic acids is 3. The number of rotatable bonds is 15. The lowest BCUT2D eigenvalue weighted by Gasteiger charge is -2.22. The number of nitrogens with two attached hydrogens (primary N) is 4. The fourth-order valence-electron chi connectivity index (χ4n) is 2.24. The standard InChI is InChI=1S/C16H31N7O5S/c1-29-8-6-9(17)13(25)22-10(3-2-7-21-16(19)20)14(26)23-11(15(27)28)4-5-12(18)24/h9-11H,2-8,17H2,1H3,(H2,18,24)(H,22,25)(H,23,26)(H,27,28)(H4,19,20,21). The SMILES string of the molecule is CSCCC(N)C(=O)NC(CCCN=C(N)N)C(=O)NC(CCC(N)=O)C(=O)O. The van der Waals surface area contributed by atoms with Crippen molar-refractivity contribution in [1.29, 1.82) is 0 Å². The number of carboxylic acid groups (broad SMARTS) is 1. The number of guanidine groups is 1. The summed E-state index contributed by atoms with van der Waals surface area (Å²) in [5.74, 6) is -2.67. The van der Waals surface area contributed by atoms with Crippen LogP contribution in [0.2, 0.25) is 0 Å². The highest BCUT2D eigenvalue weighted by Gasteiger charge is 2.27. The van der Waals surface area contributed by atoms with E-state index in [2.05, 4.69) is 15.6 Å². The minimum atomic E-state index is -1.32. The molecule has 0 aromatic rings. The van der Waals surface area contributed by atoms with Gasteiger partial charge in [-0.05, 0) is 37.7 Å². The van der Waals surface area contributed by atoms with Crippen LogP contribution < -0.4 is 33.6 Å². The Hall–Kier alpha value is -2.54. The molecule has 0 fully saturated rings. The zero-order valence-corrected chi connectivity index (χ0v) is 17.2. The first kappa shape index (κ1) is 26.5. The monoisotopic (exact) mass is 433 g/mol. The smallest absolute Gasteiger partial charge is 0.326 e. The molecule has 3 unspecified atom stereocenters. The van der Waals surface area contributed by atoms with Crippen molar-refractivity contribution in [3.63, 3.8) is 0 Å². The van der Waals surface area contributed by atoms with Crippen LogP contribution in [0.5, 0.6) is 0 Å². The van der Waals surface area contributed by atoms with Crippen LogP contribution in [0.4, 0.5) is 0 Å². The fourth-order valence-corrected chi connectivity index (χ4v) is 2.73. The predicted octanol–water partition coefficient (Wildman–Crippen LogP) is -2.56. The number of thioether (sulfide) groups is 1. The van der Waals surface area contributed by atoms with Gasteiger partial charge in [0.2, 0.25) is 17.7 Å². The summed E-state index contributed by atoms with van der Waals surface area (Å²) < 4.78 is 0. The summed E-state index contributed by atoms with van der Waals surface area (Å²) in [7, 11) is 0. The largest absolute Gasteiger partial charge is 0.480 e. The quantitative estimate of drug-likeness (QED) is 0.0816. The van der Waals surface area contributed by atoms with Crippen LogP contribution in [0.15, 0.2) is 4.99 Å². The first-order chi connectivity index (χ1) is 13.6. The Kier molecular flexibility index (Phi) is 13.2. The van der Waals surface area contributed by atoms with Crippen molar-refractivity contribution in [3.05, 3.63) is 0 Å². The minimum Gasteiger partial charge on any atom is -0.480 e. The highest BCUT2D eigenvalue weighted by molar-refractivity contribution is 7.98. The molecule has 0 aliphatic rings. The molecule has 0 saturated carbocycles. The molecule has 0 aliphatic carbocycles. The number of aliphatic carboxylic acids is 1. The number of amides is 3. The van der Waals surface area contributed by atoms with Gasteiger partial charge in [-0.3, -0.25) is 19.4 Å². The number of nitrogens with one attached hydrogen (secondary N) is 2. The van der Waals surface area contributed by atoms with E-state index in [0.717, 1.165) is 0 Å². The average Bonchev–Trinajstić information content (AvgIpc) is 2.64. The topological polar surface area (TPSA) is 229 Å². The van der Waals surface area contributed by atoms with Gasteiger partial charge in [-0.2, -0.15) is 11.8 Å². The van der Waals surface area contributed by atoms with Crippen LogP contribution >= 0.6 is 11.8 Å². The maximum absolute atomic E-state index is 12.6. The van der Waals surface area contributed by atoms with Crippen molar-refractivity contribution >= 4 is 41.4 Å². The summed E-state index contributed by atoms with van der Waals surface area (Å²) >= 11 is 1.53. The average molecular weight is 434 g/mol. The van der Waals surface area contributed by atoms with Crippen LogP contribution in [-0.2, 0) is 19.2 Å². The van der Waals surface area contributed by atoms with Gasteiger partial charge in [-0.25, -0.2) is 4.79 Å². The third-order valence-corrected chi connectivity index (χ3v) is 4.49. The molecular formula is C16H31N7O5S. The molecule has 13 heteroatoms. The van der Waals surface area contributed by atoms with Gasteiger partial charge in [-0.15, -0.1) is 0 Å². The lowest BCUT2D eigenvalue weighted by Crippen LogP contribution is -2.54. The van der Waals surface area contributed by atoms with Crippen molar-refractivity contribution in [2.45, 2.75) is 50.2 Å². The third-order valence-electron chi connectivity index (χ3n) is 3.84. The molecule has 166 valence electrons. The van der Waals surface area contributed by atoms with Gasteiger partial charge >= 0.3 is 5.97 Å². The van der Waals surface area contributed by atoms with Crippen LogP contribution in [-0.4, -0.2) is 71.4 Å². The van der Waals surface area contributed by atoms with E-state index in [0.29, 0.717) is 18.6 Å². The molecule has 0 bridgehead atoms. The Balaban J connectivity index is 5.09. The lowest BCUT2D eigenvalue weighted by atomic mass is 10.1. The summed E-state index contributed by atoms with van der Waals surface area (Å²) in [5.41, 5.74) is 21.3. The Bertz CT molecular complexity index is 598. The molecule has 11 N–H and O–H groups in total. The second-order valence-corrected chi connectivity index (χ2v) is 7.29. The molecule has 0 radical (unpaired) electrons. The summed E-state index contributed by atoms with van der Waals surface area (Å²) in [5, 5.41) is 14.1. The van der Waals surface area contributed by atoms with E-state index in [1.54, 1.807) is 0 Å². The van der Waals surface area contributed by atoms with Crippen molar-refractivity contribution in [3.8, 4) is 0 Å². The molecule has 0 saturated heterocycles. The second kappa shape index (κ2) is 14.5. The zero-order chi connectivity index (χ0) is 22.4. The van der Waals surface area contributed by atoms with E-state index < -0.39 is 41.8 Å².